The maximum absolute atomic E-state index is 12.5. The predicted molar refractivity (Wildman–Crippen MR) is 89.8 cm³/mol. The van der Waals surface area contributed by atoms with Crippen molar-refractivity contribution in [1.29, 1.82) is 0 Å². The monoisotopic (exact) mass is 349 g/mol. The highest BCUT2D eigenvalue weighted by Crippen LogP contribution is 2.24. The number of aliphatic hydroxyl groups excluding tert-OH is 1. The first-order valence-corrected chi connectivity index (χ1v) is 8.22. The minimum atomic E-state index is -0.782. The number of halogens is 1. The second-order valence-corrected chi connectivity index (χ2v) is 6.50. The number of carbonyl (C=O) groups excluding carboxylic acids is 1. The zero-order valence-electron chi connectivity index (χ0n) is 13.2. The van der Waals surface area contributed by atoms with Crippen LogP contribution in [-0.2, 0) is 22.4 Å². The van der Waals surface area contributed by atoms with E-state index in [0.717, 1.165) is 11.3 Å². The molecule has 2 heterocycles. The highest BCUT2D eigenvalue weighted by Gasteiger charge is 2.38. The molecule has 0 saturated carbocycles. The summed E-state index contributed by atoms with van der Waals surface area (Å²) in [6.07, 6.45) is 3.99. The van der Waals surface area contributed by atoms with Crippen molar-refractivity contribution in [3.05, 3.63) is 53.1 Å². The van der Waals surface area contributed by atoms with Gasteiger partial charge in [-0.3, -0.25) is 4.79 Å². The molecule has 1 aromatic carbocycles. The summed E-state index contributed by atoms with van der Waals surface area (Å²) in [5, 5.41) is 10.6. The Balaban J connectivity index is 1.69. The van der Waals surface area contributed by atoms with Gasteiger partial charge in [0.05, 0.1) is 32.5 Å². The van der Waals surface area contributed by atoms with Crippen LogP contribution < -0.4 is 0 Å². The fourth-order valence-corrected chi connectivity index (χ4v) is 3.07. The molecular formula is C17H20ClN3O3. The first-order chi connectivity index (χ1) is 11.6. The highest BCUT2D eigenvalue weighted by atomic mass is 35.5. The van der Waals surface area contributed by atoms with E-state index in [9.17, 15) is 9.90 Å². The minimum Gasteiger partial charge on any atom is -0.393 e. The molecular weight excluding hydrogens is 330 g/mol. The van der Waals surface area contributed by atoms with E-state index in [0.29, 0.717) is 31.1 Å². The number of amides is 1. The number of rotatable bonds is 5. The summed E-state index contributed by atoms with van der Waals surface area (Å²) in [6.45, 7) is 1.14. The molecule has 2 N–H and O–H groups in total. The van der Waals surface area contributed by atoms with Crippen molar-refractivity contribution in [2.24, 2.45) is 0 Å². The predicted octanol–water partition coefficient (Wildman–Crippen LogP) is 1.44. The number of carbonyl (C=O) groups is 1. The number of nitrogens with one attached hydrogen (secondary N) is 1. The molecule has 24 heavy (non-hydrogen) atoms. The molecule has 6 nitrogen and oxygen atoms in total. The number of H-pyrrole nitrogens is 1. The molecule has 3 rings (SSSR count). The summed E-state index contributed by atoms with van der Waals surface area (Å²) < 4.78 is 5.87. The fraction of sp³-hybridized carbons (Fsp3) is 0.412. The summed E-state index contributed by atoms with van der Waals surface area (Å²) in [5.41, 5.74) is 1.01. The Bertz CT molecular complexity index is 675. The molecule has 1 aliphatic rings. The lowest BCUT2D eigenvalue weighted by Crippen LogP contribution is -2.57. The lowest BCUT2D eigenvalue weighted by Gasteiger charge is -2.42. The molecule has 128 valence electrons. The molecule has 1 amide bonds. The molecule has 0 bridgehead atoms. The van der Waals surface area contributed by atoms with Crippen LogP contribution >= 0.6 is 11.6 Å². The summed E-state index contributed by atoms with van der Waals surface area (Å²) in [5.74, 6) is -0.00326. The first-order valence-electron chi connectivity index (χ1n) is 7.84. The van der Waals surface area contributed by atoms with Gasteiger partial charge in [0, 0.05) is 29.9 Å². The number of aromatic nitrogens is 2. The molecule has 1 saturated heterocycles. The number of morpholine rings is 1. The zero-order chi connectivity index (χ0) is 17.0. The molecule has 1 aliphatic heterocycles. The van der Waals surface area contributed by atoms with Crippen molar-refractivity contribution >= 4 is 17.5 Å². The maximum Gasteiger partial charge on any atom is 0.228 e. The minimum absolute atomic E-state index is 0.00326. The summed E-state index contributed by atoms with van der Waals surface area (Å²) in [4.78, 5) is 21.1. The van der Waals surface area contributed by atoms with Crippen LogP contribution in [0.4, 0.5) is 0 Å². The van der Waals surface area contributed by atoms with Gasteiger partial charge in [-0.15, -0.1) is 0 Å². The number of hydrogen-bond acceptors (Lipinski definition) is 4. The van der Waals surface area contributed by atoms with Crippen LogP contribution in [0.5, 0.6) is 0 Å². The average Bonchev–Trinajstić information content (AvgIpc) is 3.10. The van der Waals surface area contributed by atoms with E-state index >= 15 is 0 Å². The highest BCUT2D eigenvalue weighted by molar-refractivity contribution is 6.30. The third-order valence-electron chi connectivity index (χ3n) is 4.23. The third kappa shape index (κ3) is 3.95. The van der Waals surface area contributed by atoms with Crippen LogP contribution in [0.3, 0.4) is 0 Å². The van der Waals surface area contributed by atoms with Gasteiger partial charge in [0.1, 0.15) is 5.60 Å². The van der Waals surface area contributed by atoms with Gasteiger partial charge >= 0.3 is 0 Å². The molecule has 0 aliphatic carbocycles. The smallest absolute Gasteiger partial charge is 0.228 e. The quantitative estimate of drug-likeness (QED) is 0.856. The van der Waals surface area contributed by atoms with Gasteiger partial charge in [-0.05, 0) is 17.7 Å². The SMILES string of the molecule is O=C(Cc1cnc[nH]1)N1CCOC(CO)(Cc2ccc(Cl)cc2)C1. The topological polar surface area (TPSA) is 78.5 Å². The second-order valence-electron chi connectivity index (χ2n) is 6.06. The van der Waals surface area contributed by atoms with E-state index in [4.69, 9.17) is 16.3 Å². The molecule has 1 aromatic heterocycles. The van der Waals surface area contributed by atoms with Crippen LogP contribution in [0, 0.1) is 0 Å². The summed E-state index contributed by atoms with van der Waals surface area (Å²) in [7, 11) is 0. The van der Waals surface area contributed by atoms with Crippen LogP contribution in [-0.4, -0.2) is 57.8 Å². The van der Waals surface area contributed by atoms with Gasteiger partial charge in [-0.2, -0.15) is 0 Å². The Labute approximate surface area is 145 Å². The van der Waals surface area contributed by atoms with Crippen molar-refractivity contribution in [2.75, 3.05) is 26.3 Å². The van der Waals surface area contributed by atoms with Gasteiger partial charge in [0.25, 0.3) is 0 Å². The molecule has 7 heteroatoms. The van der Waals surface area contributed by atoms with E-state index in [2.05, 4.69) is 9.97 Å². The molecule has 1 fully saturated rings. The number of aliphatic hydroxyl groups is 1. The van der Waals surface area contributed by atoms with Crippen LogP contribution in [0.2, 0.25) is 5.02 Å². The number of nitrogens with zero attached hydrogens (tertiary/aromatic N) is 2. The van der Waals surface area contributed by atoms with Crippen molar-refractivity contribution in [1.82, 2.24) is 14.9 Å². The van der Waals surface area contributed by atoms with E-state index in [1.54, 1.807) is 17.4 Å². The van der Waals surface area contributed by atoms with Crippen LogP contribution in [0.1, 0.15) is 11.3 Å². The lowest BCUT2D eigenvalue weighted by atomic mass is 9.93. The summed E-state index contributed by atoms with van der Waals surface area (Å²) in [6, 6.07) is 7.45. The van der Waals surface area contributed by atoms with E-state index in [1.165, 1.54) is 0 Å². The van der Waals surface area contributed by atoms with Crippen molar-refractivity contribution in [2.45, 2.75) is 18.4 Å². The third-order valence-corrected chi connectivity index (χ3v) is 4.48. The normalized spacial score (nSPS) is 21.0. The van der Waals surface area contributed by atoms with Gasteiger partial charge in [-0.25, -0.2) is 4.98 Å². The second kappa shape index (κ2) is 7.34. The molecule has 1 unspecified atom stereocenters. The van der Waals surface area contributed by atoms with E-state index < -0.39 is 5.60 Å². The van der Waals surface area contributed by atoms with Gasteiger partial charge in [0.2, 0.25) is 5.91 Å². The average molecular weight is 350 g/mol. The van der Waals surface area contributed by atoms with Crippen molar-refractivity contribution in [3.63, 3.8) is 0 Å². The molecule has 2 aromatic rings. The van der Waals surface area contributed by atoms with Gasteiger partial charge in [0.15, 0.2) is 0 Å². The maximum atomic E-state index is 12.5. The van der Waals surface area contributed by atoms with Gasteiger partial charge < -0.3 is 19.7 Å². The van der Waals surface area contributed by atoms with Crippen LogP contribution in [0.25, 0.3) is 0 Å². The Kier molecular flexibility index (Phi) is 5.18. The molecule has 1 atom stereocenters. The number of ether oxygens (including phenoxy) is 1. The number of benzene rings is 1. The fourth-order valence-electron chi connectivity index (χ4n) is 2.95. The van der Waals surface area contributed by atoms with Crippen molar-refractivity contribution in [3.8, 4) is 0 Å². The molecule has 0 radical (unpaired) electrons. The van der Waals surface area contributed by atoms with Gasteiger partial charge in [-0.1, -0.05) is 23.7 Å². The lowest BCUT2D eigenvalue weighted by molar-refractivity contribution is -0.157. The Hall–Kier alpha value is -1.89. The molecule has 0 spiro atoms. The van der Waals surface area contributed by atoms with E-state index in [-0.39, 0.29) is 18.9 Å². The Morgan fingerprint density at radius 1 is 1.42 bits per heavy atom. The Morgan fingerprint density at radius 2 is 2.21 bits per heavy atom. The summed E-state index contributed by atoms with van der Waals surface area (Å²) >= 11 is 5.91. The standard InChI is InChI=1S/C17H20ClN3O3/c18-14-3-1-13(2-4-14)8-17(11-22)10-21(5-6-24-17)16(23)7-15-9-19-12-20-15/h1-4,9,12,22H,5-8,10-11H2,(H,19,20). The van der Waals surface area contributed by atoms with E-state index in [1.807, 2.05) is 24.3 Å². The number of hydrogen-bond donors (Lipinski definition) is 2. The zero-order valence-corrected chi connectivity index (χ0v) is 14.0. The van der Waals surface area contributed by atoms with Crippen LogP contribution in [0.15, 0.2) is 36.8 Å². The Morgan fingerprint density at radius 3 is 2.88 bits per heavy atom. The largest absolute Gasteiger partial charge is 0.393 e. The van der Waals surface area contributed by atoms with Crippen molar-refractivity contribution < 1.29 is 14.6 Å². The first kappa shape index (κ1) is 17.0. The number of aromatic amines is 1. The number of imidazole rings is 1.